The summed E-state index contributed by atoms with van der Waals surface area (Å²) in [7, 11) is 0. The average molecular weight is 211 g/mol. The number of aliphatic imine (C=N–C) groups is 1. The Bertz CT molecular complexity index is 462. The van der Waals surface area contributed by atoms with E-state index in [-0.39, 0.29) is 5.56 Å². The van der Waals surface area contributed by atoms with E-state index in [9.17, 15) is 18.0 Å². The number of hydrogen-bond donors (Lipinski definition) is 0. The van der Waals surface area contributed by atoms with Crippen LogP contribution in [0.25, 0.3) is 0 Å². The fourth-order valence-electron chi connectivity index (χ4n) is 0.889. The molecule has 0 aliphatic heterocycles. The van der Waals surface area contributed by atoms with Crippen molar-refractivity contribution in [2.75, 3.05) is 0 Å². The van der Waals surface area contributed by atoms with Crippen molar-refractivity contribution in [2.45, 2.75) is 6.18 Å². The van der Waals surface area contributed by atoms with Crippen LogP contribution in [-0.2, 0) is 11.0 Å². The molecule has 0 bridgehead atoms. The van der Waals surface area contributed by atoms with Crippen LogP contribution in [0.15, 0.2) is 29.3 Å². The first-order valence-electron chi connectivity index (χ1n) is 3.79. The van der Waals surface area contributed by atoms with E-state index in [0.717, 1.165) is 18.2 Å². The molecule has 0 saturated carbocycles. The highest BCUT2D eigenvalue weighted by Gasteiger charge is 2.30. The molecule has 0 N–H and O–H groups in total. The number of nitrogens with zero attached hydrogens (tertiary/aromatic N) is 1. The molecule has 15 heavy (non-hydrogen) atoms. The Balaban J connectivity index is 3.05. The summed E-state index contributed by atoms with van der Waals surface area (Å²) in [6.45, 7) is 0. The highest BCUT2D eigenvalue weighted by Crippen LogP contribution is 2.29. The van der Waals surface area contributed by atoms with Crippen LogP contribution in [0.1, 0.15) is 11.1 Å². The van der Waals surface area contributed by atoms with Gasteiger partial charge in [-0.3, -0.25) is 0 Å². The molecule has 0 spiro atoms. The number of rotatable bonds is 0. The number of hydrogen-bond acceptors (Lipinski definition) is 2. The van der Waals surface area contributed by atoms with Crippen LogP contribution in [0.2, 0.25) is 0 Å². The minimum atomic E-state index is -4.40. The van der Waals surface area contributed by atoms with Gasteiger partial charge in [-0.25, -0.2) is 4.79 Å². The standard InChI is InChI=1S/C10H4F3NO/c11-10(12,13)9-3-1-2-8(6-9)4-5-14-7-15/h1-3,6H. The number of benzene rings is 1. The summed E-state index contributed by atoms with van der Waals surface area (Å²) in [6.07, 6.45) is -3.24. The largest absolute Gasteiger partial charge is 0.416 e. The Morgan fingerprint density at radius 2 is 2.00 bits per heavy atom. The van der Waals surface area contributed by atoms with E-state index in [1.807, 2.05) is 6.04 Å². The van der Waals surface area contributed by atoms with E-state index < -0.39 is 11.7 Å². The van der Waals surface area contributed by atoms with Crippen molar-refractivity contribution in [1.29, 1.82) is 0 Å². The molecular weight excluding hydrogens is 207 g/mol. The summed E-state index contributed by atoms with van der Waals surface area (Å²) in [6, 6.07) is 6.46. The minimum Gasteiger partial charge on any atom is -0.210 e. The molecule has 1 aromatic carbocycles. The molecule has 0 heterocycles. The van der Waals surface area contributed by atoms with Crippen LogP contribution in [0.5, 0.6) is 0 Å². The normalized spacial score (nSPS) is 9.80. The Kier molecular flexibility index (Phi) is 3.27. The molecule has 0 unspecified atom stereocenters. The van der Waals surface area contributed by atoms with Crippen molar-refractivity contribution in [1.82, 2.24) is 0 Å². The monoisotopic (exact) mass is 211 g/mol. The Hall–Kier alpha value is -2.05. The van der Waals surface area contributed by atoms with Gasteiger partial charge in [0.1, 0.15) is 0 Å². The molecule has 0 aliphatic rings. The fraction of sp³-hybridized carbons (Fsp3) is 0.100. The molecule has 1 rings (SSSR count). The maximum absolute atomic E-state index is 12.2. The summed E-state index contributed by atoms with van der Waals surface area (Å²) in [5, 5.41) is 0. The van der Waals surface area contributed by atoms with Gasteiger partial charge in [0.25, 0.3) is 0 Å². The molecule has 1 aromatic rings. The first-order chi connectivity index (χ1) is 7.04. The van der Waals surface area contributed by atoms with Crippen LogP contribution >= 0.6 is 0 Å². The van der Waals surface area contributed by atoms with Crippen LogP contribution in [-0.4, -0.2) is 6.08 Å². The number of halogens is 3. The molecule has 0 aromatic heterocycles. The minimum absolute atomic E-state index is 0.142. The summed E-state index contributed by atoms with van der Waals surface area (Å²) >= 11 is 0. The van der Waals surface area contributed by atoms with E-state index in [1.165, 1.54) is 12.1 Å². The van der Waals surface area contributed by atoms with Crippen LogP contribution < -0.4 is 0 Å². The highest BCUT2D eigenvalue weighted by atomic mass is 19.4. The topological polar surface area (TPSA) is 29.4 Å². The van der Waals surface area contributed by atoms with Gasteiger partial charge < -0.3 is 0 Å². The van der Waals surface area contributed by atoms with Crippen molar-refractivity contribution in [3.8, 4) is 12.0 Å². The molecule has 0 amide bonds. The average Bonchev–Trinajstić information content (AvgIpc) is 2.17. The van der Waals surface area contributed by atoms with Crippen LogP contribution in [0, 0.1) is 12.0 Å². The summed E-state index contributed by atoms with van der Waals surface area (Å²) in [4.78, 5) is 12.6. The molecule has 0 radical (unpaired) electrons. The van der Waals surface area contributed by atoms with E-state index in [4.69, 9.17) is 0 Å². The Morgan fingerprint density at radius 3 is 2.60 bits per heavy atom. The quantitative estimate of drug-likeness (QED) is 0.368. The molecule has 5 heteroatoms. The van der Waals surface area contributed by atoms with Crippen molar-refractivity contribution < 1.29 is 18.0 Å². The van der Waals surface area contributed by atoms with Gasteiger partial charge in [-0.1, -0.05) is 6.07 Å². The zero-order valence-electron chi connectivity index (χ0n) is 7.30. The number of alkyl halides is 3. The lowest BCUT2D eigenvalue weighted by Crippen LogP contribution is -2.04. The number of carbonyl (C=O) groups excluding carboxylic acids is 1. The second kappa shape index (κ2) is 4.45. The van der Waals surface area contributed by atoms with Crippen molar-refractivity contribution in [3.05, 3.63) is 35.4 Å². The van der Waals surface area contributed by atoms with Gasteiger partial charge in [0.2, 0.25) is 6.08 Å². The number of isocyanates is 1. The molecule has 2 nitrogen and oxygen atoms in total. The molecular formula is C10H4F3NO. The zero-order valence-corrected chi connectivity index (χ0v) is 7.30. The fourth-order valence-corrected chi connectivity index (χ4v) is 0.889. The Morgan fingerprint density at radius 1 is 1.27 bits per heavy atom. The smallest absolute Gasteiger partial charge is 0.210 e. The van der Waals surface area contributed by atoms with E-state index in [1.54, 1.807) is 0 Å². The van der Waals surface area contributed by atoms with Gasteiger partial charge >= 0.3 is 6.18 Å². The van der Waals surface area contributed by atoms with Crippen LogP contribution in [0.3, 0.4) is 0 Å². The predicted molar refractivity (Wildman–Crippen MR) is 46.4 cm³/mol. The summed E-state index contributed by atoms with van der Waals surface area (Å²) in [5.41, 5.74) is -0.645. The van der Waals surface area contributed by atoms with Crippen molar-refractivity contribution >= 4 is 6.08 Å². The third-order valence-corrected chi connectivity index (χ3v) is 1.49. The molecule has 0 saturated heterocycles. The Labute approximate surface area is 83.4 Å². The second-order valence-corrected chi connectivity index (χ2v) is 2.52. The molecule has 0 fully saturated rings. The van der Waals surface area contributed by atoms with Gasteiger partial charge in [0, 0.05) is 5.56 Å². The lowest BCUT2D eigenvalue weighted by Gasteiger charge is -2.05. The first-order valence-corrected chi connectivity index (χ1v) is 3.79. The predicted octanol–water partition coefficient (Wildman–Crippen LogP) is 2.35. The van der Waals surface area contributed by atoms with E-state index in [0.29, 0.717) is 0 Å². The molecule has 76 valence electrons. The van der Waals surface area contributed by atoms with Gasteiger partial charge in [0.05, 0.1) is 11.6 Å². The van der Waals surface area contributed by atoms with Gasteiger partial charge in [0.15, 0.2) is 0 Å². The second-order valence-electron chi connectivity index (χ2n) is 2.52. The first kappa shape index (κ1) is 11.0. The van der Waals surface area contributed by atoms with Gasteiger partial charge in [-0.15, -0.1) is 4.99 Å². The third kappa shape index (κ3) is 3.29. The van der Waals surface area contributed by atoms with Crippen molar-refractivity contribution in [2.24, 2.45) is 4.99 Å². The third-order valence-electron chi connectivity index (χ3n) is 1.49. The summed E-state index contributed by atoms with van der Waals surface area (Å²) in [5.74, 6) is 2.28. The maximum atomic E-state index is 12.2. The molecule has 0 atom stereocenters. The highest BCUT2D eigenvalue weighted by molar-refractivity contribution is 5.41. The zero-order chi connectivity index (χ0) is 11.3. The van der Waals surface area contributed by atoms with Gasteiger partial charge in [-0.2, -0.15) is 13.2 Å². The van der Waals surface area contributed by atoms with Crippen molar-refractivity contribution in [3.63, 3.8) is 0 Å². The van der Waals surface area contributed by atoms with E-state index >= 15 is 0 Å². The maximum Gasteiger partial charge on any atom is 0.416 e. The van der Waals surface area contributed by atoms with E-state index in [2.05, 4.69) is 10.9 Å². The van der Waals surface area contributed by atoms with Gasteiger partial charge in [-0.05, 0) is 24.1 Å². The van der Waals surface area contributed by atoms with Crippen LogP contribution in [0.4, 0.5) is 13.2 Å². The lowest BCUT2D eigenvalue weighted by atomic mass is 10.1. The lowest BCUT2D eigenvalue weighted by molar-refractivity contribution is -0.137. The molecule has 0 aliphatic carbocycles. The summed E-state index contributed by atoms with van der Waals surface area (Å²) < 4.78 is 36.7. The SMILES string of the molecule is O=C=NC#Cc1cccc(C(F)(F)F)c1.